The molecule has 0 spiro atoms. The van der Waals surface area contributed by atoms with Gasteiger partial charge >= 0.3 is 6.03 Å². The summed E-state index contributed by atoms with van der Waals surface area (Å²) in [6, 6.07) is 5.57. The first kappa shape index (κ1) is 23.1. The highest BCUT2D eigenvalue weighted by Crippen LogP contribution is 2.40. The molecule has 3 unspecified atom stereocenters. The van der Waals surface area contributed by atoms with Crippen LogP contribution in [0.1, 0.15) is 51.5 Å². The molecule has 31 heavy (non-hydrogen) atoms. The van der Waals surface area contributed by atoms with E-state index in [0.29, 0.717) is 31.0 Å². The van der Waals surface area contributed by atoms with Gasteiger partial charge in [-0.25, -0.2) is 4.79 Å². The molecule has 6 N–H and O–H groups in total. The molecule has 3 amide bonds. The van der Waals surface area contributed by atoms with Crippen LogP contribution in [0.15, 0.2) is 18.2 Å². The van der Waals surface area contributed by atoms with E-state index in [9.17, 15) is 9.59 Å². The van der Waals surface area contributed by atoms with Crippen molar-refractivity contribution in [1.82, 2.24) is 10.2 Å². The van der Waals surface area contributed by atoms with E-state index in [-0.39, 0.29) is 17.3 Å². The van der Waals surface area contributed by atoms with Gasteiger partial charge in [-0.1, -0.05) is 6.92 Å². The number of rotatable bonds is 5. The Labute approximate surface area is 184 Å². The van der Waals surface area contributed by atoms with Gasteiger partial charge < -0.3 is 21.7 Å². The van der Waals surface area contributed by atoms with Crippen LogP contribution in [-0.2, 0) is 4.79 Å². The summed E-state index contributed by atoms with van der Waals surface area (Å²) in [5, 5.41) is 11.2. The summed E-state index contributed by atoms with van der Waals surface area (Å²) in [6.45, 7) is 7.56. The Balaban J connectivity index is 0.000000225. The molecule has 8 nitrogen and oxygen atoms in total. The molecular formula is C23H36N6O2. The molecule has 2 aliphatic heterocycles. The van der Waals surface area contributed by atoms with Crippen LogP contribution in [0.25, 0.3) is 0 Å². The van der Waals surface area contributed by atoms with E-state index in [1.807, 2.05) is 6.92 Å². The van der Waals surface area contributed by atoms with Gasteiger partial charge in [0, 0.05) is 42.6 Å². The van der Waals surface area contributed by atoms with Gasteiger partial charge in [0.1, 0.15) is 5.71 Å². The minimum atomic E-state index is -0.848. The van der Waals surface area contributed by atoms with Gasteiger partial charge in [-0.05, 0) is 75.6 Å². The lowest BCUT2D eigenvalue weighted by Crippen LogP contribution is -2.32. The van der Waals surface area contributed by atoms with Gasteiger partial charge in [0.05, 0.1) is 0 Å². The van der Waals surface area contributed by atoms with Crippen LogP contribution in [0.4, 0.5) is 16.2 Å². The first-order valence-corrected chi connectivity index (χ1v) is 11.4. The lowest BCUT2D eigenvalue weighted by atomic mass is 9.70. The summed E-state index contributed by atoms with van der Waals surface area (Å²) in [4.78, 5) is 26.8. The number of nitrogens with zero attached hydrogens (tertiary/aromatic N) is 2. The minimum absolute atomic E-state index is 0.0711. The van der Waals surface area contributed by atoms with Crippen LogP contribution < -0.4 is 21.7 Å². The van der Waals surface area contributed by atoms with Crippen LogP contribution >= 0.6 is 0 Å². The second-order valence-corrected chi connectivity index (χ2v) is 8.91. The monoisotopic (exact) mass is 428 g/mol. The van der Waals surface area contributed by atoms with Gasteiger partial charge in [-0.2, -0.15) is 0 Å². The maximum atomic E-state index is 12.3. The Kier molecular flexibility index (Phi) is 7.54. The van der Waals surface area contributed by atoms with E-state index in [1.54, 1.807) is 28.0 Å². The van der Waals surface area contributed by atoms with Crippen molar-refractivity contribution in [3.8, 4) is 0 Å². The maximum absolute atomic E-state index is 12.3. The van der Waals surface area contributed by atoms with Crippen molar-refractivity contribution in [3.05, 3.63) is 23.8 Å². The third-order valence-corrected chi connectivity index (χ3v) is 6.69. The van der Waals surface area contributed by atoms with Crippen LogP contribution in [0, 0.1) is 17.2 Å². The highest BCUT2D eigenvalue weighted by Gasteiger charge is 2.33. The number of hydrogen-bond donors (Lipinski definition) is 4. The van der Waals surface area contributed by atoms with E-state index in [2.05, 4.69) is 12.2 Å². The van der Waals surface area contributed by atoms with Crippen molar-refractivity contribution in [2.75, 3.05) is 36.8 Å². The van der Waals surface area contributed by atoms with Crippen molar-refractivity contribution in [2.24, 2.45) is 17.6 Å². The molecule has 170 valence electrons. The SMILES string of the molecule is CC1CC2CCC2CCN1.CCCN1CCN(c2ccc(N)c(C(=N)C(N)=O)c2)C1=O. The van der Waals surface area contributed by atoms with E-state index >= 15 is 0 Å². The fourth-order valence-corrected chi connectivity index (χ4v) is 4.74. The van der Waals surface area contributed by atoms with Crippen molar-refractivity contribution >= 4 is 29.0 Å². The number of nitrogens with one attached hydrogen (secondary N) is 2. The summed E-state index contributed by atoms with van der Waals surface area (Å²) in [6.07, 6.45) is 6.80. The van der Waals surface area contributed by atoms with Crippen LogP contribution in [0.2, 0.25) is 0 Å². The number of nitrogen functional groups attached to an aromatic ring is 1. The molecule has 2 saturated heterocycles. The fraction of sp³-hybridized carbons (Fsp3) is 0.609. The number of hydrogen-bond acceptors (Lipinski definition) is 5. The molecule has 1 aromatic rings. The molecule has 4 rings (SSSR count). The molecule has 8 heteroatoms. The predicted octanol–water partition coefficient (Wildman–Crippen LogP) is 2.56. The molecular weight excluding hydrogens is 392 g/mol. The van der Waals surface area contributed by atoms with Crippen LogP contribution in [-0.4, -0.2) is 54.8 Å². The Morgan fingerprint density at radius 2 is 1.97 bits per heavy atom. The van der Waals surface area contributed by atoms with Crippen LogP contribution in [0.5, 0.6) is 0 Å². The summed E-state index contributed by atoms with van der Waals surface area (Å²) < 4.78 is 0. The number of benzene rings is 1. The number of carbonyl (C=O) groups is 2. The van der Waals surface area contributed by atoms with E-state index < -0.39 is 5.91 Å². The molecule has 0 bridgehead atoms. The zero-order valence-electron chi connectivity index (χ0n) is 18.7. The molecule has 3 aliphatic rings. The van der Waals surface area contributed by atoms with Gasteiger partial charge in [-0.3, -0.25) is 15.1 Å². The molecule has 0 aromatic heterocycles. The van der Waals surface area contributed by atoms with Gasteiger partial charge in [-0.15, -0.1) is 0 Å². The average molecular weight is 429 g/mol. The zero-order valence-corrected chi connectivity index (χ0v) is 18.7. The fourth-order valence-electron chi connectivity index (χ4n) is 4.74. The quantitative estimate of drug-likeness (QED) is 0.424. The second-order valence-electron chi connectivity index (χ2n) is 8.91. The third kappa shape index (κ3) is 5.36. The number of urea groups is 1. The molecule has 1 aromatic carbocycles. The van der Waals surface area contributed by atoms with Crippen molar-refractivity contribution in [1.29, 1.82) is 5.41 Å². The molecule has 1 saturated carbocycles. The number of amides is 3. The first-order valence-electron chi connectivity index (χ1n) is 11.4. The summed E-state index contributed by atoms with van der Waals surface area (Å²) >= 11 is 0. The first-order chi connectivity index (χ1) is 14.8. The Morgan fingerprint density at radius 3 is 2.61 bits per heavy atom. The smallest absolute Gasteiger partial charge is 0.324 e. The van der Waals surface area contributed by atoms with Gasteiger partial charge in [0.15, 0.2) is 0 Å². The van der Waals surface area contributed by atoms with Gasteiger partial charge in [0.2, 0.25) is 0 Å². The Hall–Kier alpha value is -2.61. The second kappa shape index (κ2) is 10.1. The molecule has 1 aliphatic carbocycles. The number of carbonyl (C=O) groups excluding carboxylic acids is 2. The minimum Gasteiger partial charge on any atom is -0.398 e. The standard InChI is InChI=1S/C14H19N5O2.C9H17N/c1-2-5-18-6-7-19(14(18)21)9-3-4-11(15)10(8-9)12(16)13(17)20;1-7-6-9-3-2-8(9)4-5-10-7/h3-4,8,16H,2,5-7,15H2,1H3,(H2,17,20);7-10H,2-6H2,1H3. The molecule has 3 fully saturated rings. The number of anilines is 2. The highest BCUT2D eigenvalue weighted by molar-refractivity contribution is 6.44. The number of fused-ring (bicyclic) bond motifs is 1. The highest BCUT2D eigenvalue weighted by atomic mass is 16.2. The van der Waals surface area contributed by atoms with Crippen LogP contribution in [0.3, 0.4) is 0 Å². The zero-order chi connectivity index (χ0) is 22.5. The predicted molar refractivity (Wildman–Crippen MR) is 124 cm³/mol. The average Bonchev–Trinajstić information content (AvgIpc) is 3.03. The third-order valence-electron chi connectivity index (χ3n) is 6.69. The van der Waals surface area contributed by atoms with E-state index in [0.717, 1.165) is 24.3 Å². The van der Waals surface area contributed by atoms with Crippen molar-refractivity contribution < 1.29 is 9.59 Å². The summed E-state index contributed by atoms with van der Waals surface area (Å²) in [7, 11) is 0. The van der Waals surface area contributed by atoms with Crippen molar-refractivity contribution in [2.45, 2.75) is 52.0 Å². The largest absolute Gasteiger partial charge is 0.398 e. The van der Waals surface area contributed by atoms with E-state index in [4.69, 9.17) is 16.9 Å². The Bertz CT molecular complexity index is 826. The number of primary amides is 1. The molecule has 3 atom stereocenters. The van der Waals surface area contributed by atoms with Crippen molar-refractivity contribution in [3.63, 3.8) is 0 Å². The van der Waals surface area contributed by atoms with Gasteiger partial charge in [0.25, 0.3) is 5.91 Å². The van der Waals surface area contributed by atoms with E-state index in [1.165, 1.54) is 32.2 Å². The number of nitrogens with two attached hydrogens (primary N) is 2. The summed E-state index contributed by atoms with van der Waals surface area (Å²) in [5.41, 5.74) is 11.7. The lowest BCUT2D eigenvalue weighted by Gasteiger charge is -2.35. The molecule has 0 radical (unpaired) electrons. The maximum Gasteiger partial charge on any atom is 0.324 e. The topological polar surface area (TPSA) is 129 Å². The molecule has 2 heterocycles. The lowest BCUT2D eigenvalue weighted by molar-refractivity contribution is -0.112. The normalized spacial score (nSPS) is 25.1. The Morgan fingerprint density at radius 1 is 1.23 bits per heavy atom. The summed E-state index contributed by atoms with van der Waals surface area (Å²) in [5.74, 6) is 1.33.